The van der Waals surface area contributed by atoms with E-state index in [1.807, 2.05) is 14.0 Å². The second-order valence-electron chi connectivity index (χ2n) is 3.81. The lowest BCUT2D eigenvalue weighted by molar-refractivity contribution is 0.204. The van der Waals surface area contributed by atoms with E-state index in [4.69, 9.17) is 5.73 Å². The van der Waals surface area contributed by atoms with Gasteiger partial charge in [0.25, 0.3) is 0 Å². The second kappa shape index (κ2) is 3.94. The van der Waals surface area contributed by atoms with Gasteiger partial charge in [-0.05, 0) is 20.4 Å². The Balaban J connectivity index is 2.56. The minimum Gasteiger partial charge on any atom is -0.329 e. The van der Waals surface area contributed by atoms with E-state index in [0.717, 1.165) is 6.42 Å². The zero-order chi connectivity index (χ0) is 10.1. The fourth-order valence-electron chi connectivity index (χ4n) is 1.62. The molecule has 0 radical (unpaired) electrons. The summed E-state index contributed by atoms with van der Waals surface area (Å²) in [6, 6.07) is 0.432. The Morgan fingerprint density at radius 3 is 2.62 bits per heavy atom. The van der Waals surface area contributed by atoms with E-state index in [0.29, 0.717) is 18.1 Å². The van der Waals surface area contributed by atoms with Crippen molar-refractivity contribution >= 4 is 9.84 Å². The highest BCUT2D eigenvalue weighted by molar-refractivity contribution is 7.91. The van der Waals surface area contributed by atoms with Crippen LogP contribution >= 0.6 is 0 Å². The van der Waals surface area contributed by atoms with E-state index < -0.39 is 9.84 Å². The van der Waals surface area contributed by atoms with E-state index in [1.165, 1.54) is 0 Å². The van der Waals surface area contributed by atoms with Crippen LogP contribution in [-0.2, 0) is 9.84 Å². The molecule has 1 rings (SSSR count). The summed E-state index contributed by atoms with van der Waals surface area (Å²) >= 11 is 0. The van der Waals surface area contributed by atoms with Gasteiger partial charge in [0.2, 0.25) is 0 Å². The predicted octanol–water partition coefficient (Wildman–Crippen LogP) is -0.547. The van der Waals surface area contributed by atoms with Gasteiger partial charge in [-0.1, -0.05) is 0 Å². The molecule has 5 heteroatoms. The van der Waals surface area contributed by atoms with Crippen LogP contribution in [0.1, 0.15) is 13.3 Å². The number of hydrogen-bond acceptors (Lipinski definition) is 4. The van der Waals surface area contributed by atoms with Crippen LogP contribution in [0.2, 0.25) is 0 Å². The number of hydrogen-bond donors (Lipinski definition) is 1. The topological polar surface area (TPSA) is 63.4 Å². The first-order valence-corrected chi connectivity index (χ1v) is 6.41. The van der Waals surface area contributed by atoms with Gasteiger partial charge in [0.15, 0.2) is 9.84 Å². The number of likely N-dealkylation sites (N-methyl/N-ethyl adjacent to an activating group) is 1. The summed E-state index contributed by atoms with van der Waals surface area (Å²) in [7, 11) is -0.817. The van der Waals surface area contributed by atoms with Gasteiger partial charge in [0.1, 0.15) is 0 Å². The summed E-state index contributed by atoms with van der Waals surface area (Å²) in [4.78, 5) is 2.07. The molecule has 0 bridgehead atoms. The fraction of sp³-hybridized carbons (Fsp3) is 1.00. The molecule has 1 heterocycles. The summed E-state index contributed by atoms with van der Waals surface area (Å²) in [6.07, 6.45) is 0.753. The third-order valence-electron chi connectivity index (χ3n) is 2.82. The molecule has 0 amide bonds. The molecule has 1 fully saturated rings. The van der Waals surface area contributed by atoms with Crippen LogP contribution in [0.5, 0.6) is 0 Å². The molecule has 0 aromatic carbocycles. The highest BCUT2D eigenvalue weighted by Gasteiger charge is 2.31. The van der Waals surface area contributed by atoms with Crippen LogP contribution in [-0.4, -0.2) is 50.5 Å². The number of rotatable bonds is 3. The third kappa shape index (κ3) is 2.65. The minimum atomic E-state index is -2.76. The van der Waals surface area contributed by atoms with Crippen molar-refractivity contribution in [2.75, 3.05) is 25.1 Å². The highest BCUT2D eigenvalue weighted by atomic mass is 32.2. The lowest BCUT2D eigenvalue weighted by Crippen LogP contribution is -2.43. The average molecular weight is 206 g/mol. The van der Waals surface area contributed by atoms with Crippen LogP contribution in [0.25, 0.3) is 0 Å². The maximum atomic E-state index is 11.2. The Morgan fingerprint density at radius 2 is 2.23 bits per heavy atom. The molecule has 78 valence electrons. The average Bonchev–Trinajstić information content (AvgIpc) is 2.43. The lowest BCUT2D eigenvalue weighted by atomic mass is 10.2. The molecule has 13 heavy (non-hydrogen) atoms. The molecule has 2 N–H and O–H groups in total. The number of sulfone groups is 1. The van der Waals surface area contributed by atoms with Crippen molar-refractivity contribution in [2.24, 2.45) is 5.73 Å². The van der Waals surface area contributed by atoms with Gasteiger partial charge < -0.3 is 5.73 Å². The molecular weight excluding hydrogens is 188 g/mol. The van der Waals surface area contributed by atoms with Gasteiger partial charge in [0, 0.05) is 18.6 Å². The van der Waals surface area contributed by atoms with Gasteiger partial charge in [-0.25, -0.2) is 8.42 Å². The Kier molecular flexibility index (Phi) is 3.32. The van der Waals surface area contributed by atoms with Crippen molar-refractivity contribution in [3.8, 4) is 0 Å². The van der Waals surface area contributed by atoms with Gasteiger partial charge in [-0.3, -0.25) is 4.90 Å². The number of nitrogens with two attached hydrogens (primary N) is 1. The molecule has 2 atom stereocenters. The molecule has 0 aromatic heterocycles. The van der Waals surface area contributed by atoms with Crippen molar-refractivity contribution in [1.82, 2.24) is 4.90 Å². The molecule has 0 aliphatic carbocycles. The van der Waals surface area contributed by atoms with Crippen molar-refractivity contribution in [3.05, 3.63) is 0 Å². The van der Waals surface area contributed by atoms with Gasteiger partial charge in [-0.15, -0.1) is 0 Å². The molecule has 4 nitrogen and oxygen atoms in total. The summed E-state index contributed by atoms with van der Waals surface area (Å²) in [5.74, 6) is 0.632. The standard InChI is InChI=1S/C8H18N2O2S/c1-7(5-9)10(2)8-3-4-13(11,12)6-8/h7-8H,3-6,9H2,1-2H3/t7-,8?/m1/s1. The first-order valence-electron chi connectivity index (χ1n) is 4.58. The zero-order valence-corrected chi connectivity index (χ0v) is 9.05. The molecular formula is C8H18N2O2S. The van der Waals surface area contributed by atoms with Crippen molar-refractivity contribution in [1.29, 1.82) is 0 Å². The van der Waals surface area contributed by atoms with E-state index in [-0.39, 0.29) is 12.1 Å². The Morgan fingerprint density at radius 1 is 1.62 bits per heavy atom. The van der Waals surface area contributed by atoms with E-state index in [1.54, 1.807) is 0 Å². The first kappa shape index (κ1) is 10.9. The van der Waals surface area contributed by atoms with E-state index >= 15 is 0 Å². The lowest BCUT2D eigenvalue weighted by Gasteiger charge is -2.28. The Bertz CT molecular complexity index is 263. The van der Waals surface area contributed by atoms with E-state index in [2.05, 4.69) is 4.90 Å². The molecule has 1 aliphatic rings. The van der Waals surface area contributed by atoms with Crippen LogP contribution in [0, 0.1) is 0 Å². The van der Waals surface area contributed by atoms with Gasteiger partial charge >= 0.3 is 0 Å². The maximum Gasteiger partial charge on any atom is 0.151 e. The van der Waals surface area contributed by atoms with Crippen molar-refractivity contribution in [3.63, 3.8) is 0 Å². The van der Waals surface area contributed by atoms with Crippen LogP contribution < -0.4 is 5.73 Å². The maximum absolute atomic E-state index is 11.2. The molecule has 1 unspecified atom stereocenters. The fourth-order valence-corrected chi connectivity index (χ4v) is 3.41. The van der Waals surface area contributed by atoms with Gasteiger partial charge in [-0.2, -0.15) is 0 Å². The molecule has 0 saturated carbocycles. The Labute approximate surface area is 80.0 Å². The van der Waals surface area contributed by atoms with Crippen molar-refractivity contribution in [2.45, 2.75) is 25.4 Å². The summed E-state index contributed by atoms with van der Waals surface area (Å²) in [6.45, 7) is 2.60. The summed E-state index contributed by atoms with van der Waals surface area (Å²) in [5, 5.41) is 0. The minimum absolute atomic E-state index is 0.170. The van der Waals surface area contributed by atoms with Gasteiger partial charge in [0.05, 0.1) is 11.5 Å². The molecule has 1 aliphatic heterocycles. The summed E-state index contributed by atoms with van der Waals surface area (Å²) < 4.78 is 22.4. The first-order chi connectivity index (χ1) is 5.96. The van der Waals surface area contributed by atoms with E-state index in [9.17, 15) is 8.42 Å². The second-order valence-corrected chi connectivity index (χ2v) is 6.04. The zero-order valence-electron chi connectivity index (χ0n) is 8.23. The molecule has 1 saturated heterocycles. The summed E-state index contributed by atoms with van der Waals surface area (Å²) in [5.41, 5.74) is 5.52. The van der Waals surface area contributed by atoms with Crippen molar-refractivity contribution < 1.29 is 8.42 Å². The van der Waals surface area contributed by atoms with Crippen LogP contribution in [0.15, 0.2) is 0 Å². The third-order valence-corrected chi connectivity index (χ3v) is 4.57. The predicted molar refractivity (Wildman–Crippen MR) is 53.3 cm³/mol. The normalized spacial score (nSPS) is 29.4. The SMILES string of the molecule is C[C@H](CN)N(C)C1CCS(=O)(=O)C1. The largest absolute Gasteiger partial charge is 0.329 e. The number of nitrogens with zero attached hydrogens (tertiary/aromatic N) is 1. The quantitative estimate of drug-likeness (QED) is 0.673. The Hall–Kier alpha value is -0.130. The van der Waals surface area contributed by atoms with Crippen LogP contribution in [0.3, 0.4) is 0 Å². The van der Waals surface area contributed by atoms with Crippen LogP contribution in [0.4, 0.5) is 0 Å². The molecule has 0 aromatic rings. The molecule has 0 spiro atoms. The highest BCUT2D eigenvalue weighted by Crippen LogP contribution is 2.17. The monoisotopic (exact) mass is 206 g/mol. The smallest absolute Gasteiger partial charge is 0.151 e.